The van der Waals surface area contributed by atoms with Crippen molar-refractivity contribution >= 4 is 17.5 Å². The van der Waals surface area contributed by atoms with Crippen LogP contribution in [0.4, 0.5) is 0 Å². The van der Waals surface area contributed by atoms with Crippen molar-refractivity contribution in [3.63, 3.8) is 0 Å². The van der Waals surface area contributed by atoms with Gasteiger partial charge < -0.3 is 5.32 Å². The van der Waals surface area contributed by atoms with E-state index in [9.17, 15) is 4.79 Å². The first-order valence-corrected chi connectivity index (χ1v) is 4.14. The maximum atomic E-state index is 11.2. The SMILES string of the molecule is CC1(C)C2C(=O)N/C(=C\Cl)C21. The number of amides is 1. The first kappa shape index (κ1) is 7.17. The van der Waals surface area contributed by atoms with E-state index in [1.165, 1.54) is 5.54 Å². The van der Waals surface area contributed by atoms with Crippen LogP contribution >= 0.6 is 11.6 Å². The molecule has 2 aliphatic rings. The predicted octanol–water partition coefficient (Wildman–Crippen LogP) is 1.47. The van der Waals surface area contributed by atoms with Crippen LogP contribution in [-0.2, 0) is 4.79 Å². The van der Waals surface area contributed by atoms with Gasteiger partial charge in [-0.05, 0) is 5.41 Å². The number of allylic oxidation sites excluding steroid dienone is 1. The Morgan fingerprint density at radius 1 is 1.55 bits per heavy atom. The molecule has 1 saturated heterocycles. The van der Waals surface area contributed by atoms with Gasteiger partial charge >= 0.3 is 0 Å². The molecule has 2 fully saturated rings. The van der Waals surface area contributed by atoms with E-state index in [4.69, 9.17) is 11.6 Å². The summed E-state index contributed by atoms with van der Waals surface area (Å²) in [6.45, 7) is 4.20. The average molecular weight is 172 g/mol. The van der Waals surface area contributed by atoms with Gasteiger partial charge in [0.15, 0.2) is 0 Å². The Bertz CT molecular complexity index is 257. The van der Waals surface area contributed by atoms with Crippen molar-refractivity contribution in [1.82, 2.24) is 5.32 Å². The molecule has 0 radical (unpaired) electrons. The van der Waals surface area contributed by atoms with E-state index in [0.717, 1.165) is 5.70 Å². The Morgan fingerprint density at radius 3 is 2.45 bits per heavy atom. The Morgan fingerprint density at radius 2 is 2.18 bits per heavy atom. The lowest BCUT2D eigenvalue weighted by atomic mass is 10.1. The molecule has 2 nitrogen and oxygen atoms in total. The van der Waals surface area contributed by atoms with Crippen molar-refractivity contribution in [1.29, 1.82) is 0 Å². The monoisotopic (exact) mass is 171 g/mol. The third-order valence-corrected chi connectivity index (χ3v) is 3.07. The molecule has 0 spiro atoms. The highest BCUT2D eigenvalue weighted by Crippen LogP contribution is 2.64. The van der Waals surface area contributed by atoms with Crippen LogP contribution in [0.25, 0.3) is 0 Å². The molecule has 1 heterocycles. The second-order valence-corrected chi connectivity index (χ2v) is 4.05. The van der Waals surface area contributed by atoms with E-state index in [1.54, 1.807) is 0 Å². The van der Waals surface area contributed by atoms with Crippen molar-refractivity contribution < 1.29 is 4.79 Å². The average Bonchev–Trinajstić information content (AvgIpc) is 2.37. The zero-order valence-electron chi connectivity index (χ0n) is 6.52. The van der Waals surface area contributed by atoms with Gasteiger partial charge in [0.25, 0.3) is 0 Å². The molecule has 0 aromatic heterocycles. The zero-order chi connectivity index (χ0) is 8.22. The van der Waals surface area contributed by atoms with E-state index in [-0.39, 0.29) is 17.2 Å². The highest BCUT2D eigenvalue weighted by Gasteiger charge is 2.67. The van der Waals surface area contributed by atoms with Crippen LogP contribution in [0.15, 0.2) is 11.2 Å². The van der Waals surface area contributed by atoms with E-state index in [2.05, 4.69) is 19.2 Å². The van der Waals surface area contributed by atoms with Gasteiger partial charge in [0.1, 0.15) is 0 Å². The van der Waals surface area contributed by atoms with Gasteiger partial charge in [-0.15, -0.1) is 0 Å². The summed E-state index contributed by atoms with van der Waals surface area (Å²) in [5.41, 5.74) is 2.52. The minimum atomic E-state index is 0.131. The summed E-state index contributed by atoms with van der Waals surface area (Å²) in [5, 5.41) is 2.75. The fraction of sp³-hybridized carbons (Fsp3) is 0.625. The fourth-order valence-corrected chi connectivity index (χ4v) is 2.29. The second-order valence-electron chi connectivity index (χ2n) is 3.83. The Kier molecular flexibility index (Phi) is 1.18. The van der Waals surface area contributed by atoms with Gasteiger partial charge in [-0.1, -0.05) is 25.4 Å². The fourth-order valence-electron chi connectivity index (χ4n) is 2.10. The maximum Gasteiger partial charge on any atom is 0.228 e. The summed E-state index contributed by atoms with van der Waals surface area (Å²) in [5.74, 6) is 0.659. The van der Waals surface area contributed by atoms with Gasteiger partial charge in [-0.3, -0.25) is 4.79 Å². The van der Waals surface area contributed by atoms with Crippen molar-refractivity contribution in [3.05, 3.63) is 11.2 Å². The molecule has 1 N–H and O–H groups in total. The number of hydrogen-bond acceptors (Lipinski definition) is 1. The first-order chi connectivity index (χ1) is 5.09. The van der Waals surface area contributed by atoms with Gasteiger partial charge in [-0.2, -0.15) is 0 Å². The van der Waals surface area contributed by atoms with Crippen LogP contribution in [0.2, 0.25) is 0 Å². The van der Waals surface area contributed by atoms with Crippen molar-refractivity contribution in [3.8, 4) is 0 Å². The molecule has 0 bridgehead atoms. The summed E-state index contributed by atoms with van der Waals surface area (Å²) < 4.78 is 0. The van der Waals surface area contributed by atoms with Crippen molar-refractivity contribution in [2.45, 2.75) is 13.8 Å². The van der Waals surface area contributed by atoms with Crippen molar-refractivity contribution in [2.75, 3.05) is 0 Å². The number of nitrogens with one attached hydrogen (secondary N) is 1. The lowest BCUT2D eigenvalue weighted by molar-refractivity contribution is -0.121. The number of carbonyl (C=O) groups excluding carboxylic acids is 1. The van der Waals surface area contributed by atoms with Crippen LogP contribution in [-0.4, -0.2) is 5.91 Å². The van der Waals surface area contributed by atoms with Crippen LogP contribution in [0.1, 0.15) is 13.8 Å². The highest BCUT2D eigenvalue weighted by atomic mass is 35.5. The molecule has 1 amide bonds. The quantitative estimate of drug-likeness (QED) is 0.588. The molecule has 60 valence electrons. The third kappa shape index (κ3) is 0.707. The van der Waals surface area contributed by atoms with E-state index >= 15 is 0 Å². The standard InChI is InChI=1S/C8H10ClNO/c1-8(2)5-4(3-9)10-7(11)6(5)8/h3,5-6H,1-2H3,(H,10,11)/b4-3-. The Labute approximate surface area is 70.6 Å². The molecule has 11 heavy (non-hydrogen) atoms. The molecule has 3 heteroatoms. The minimum Gasteiger partial charge on any atom is -0.328 e. The van der Waals surface area contributed by atoms with E-state index < -0.39 is 0 Å². The normalized spacial score (nSPS) is 42.1. The van der Waals surface area contributed by atoms with E-state index in [0.29, 0.717) is 5.92 Å². The molecule has 0 aromatic carbocycles. The van der Waals surface area contributed by atoms with E-state index in [1.807, 2.05) is 0 Å². The molecule has 1 aliphatic heterocycles. The number of carbonyl (C=O) groups is 1. The molecule has 2 rings (SSSR count). The van der Waals surface area contributed by atoms with Crippen LogP contribution < -0.4 is 5.32 Å². The lowest BCUT2D eigenvalue weighted by Crippen LogP contribution is -2.23. The minimum absolute atomic E-state index is 0.131. The predicted molar refractivity (Wildman–Crippen MR) is 42.8 cm³/mol. The Hall–Kier alpha value is -0.500. The largest absolute Gasteiger partial charge is 0.328 e. The number of halogens is 1. The summed E-state index contributed by atoms with van der Waals surface area (Å²) in [7, 11) is 0. The number of piperidine rings is 1. The number of hydrogen-bond donors (Lipinski definition) is 1. The molecule has 2 unspecified atom stereocenters. The number of rotatable bonds is 0. The van der Waals surface area contributed by atoms with Crippen LogP contribution in [0.5, 0.6) is 0 Å². The van der Waals surface area contributed by atoms with Gasteiger partial charge in [-0.25, -0.2) is 0 Å². The third-order valence-electron chi connectivity index (χ3n) is 2.83. The molecule has 2 atom stereocenters. The summed E-state index contributed by atoms with van der Waals surface area (Å²) in [6.07, 6.45) is 0. The van der Waals surface area contributed by atoms with Crippen molar-refractivity contribution in [2.24, 2.45) is 17.3 Å². The maximum absolute atomic E-state index is 11.2. The number of fused-ring (bicyclic) bond motifs is 1. The summed E-state index contributed by atoms with van der Waals surface area (Å²) in [6, 6.07) is 0. The summed E-state index contributed by atoms with van der Waals surface area (Å²) >= 11 is 5.55. The molecular weight excluding hydrogens is 162 g/mol. The molecule has 0 aromatic rings. The van der Waals surface area contributed by atoms with Gasteiger partial charge in [0.05, 0.1) is 5.92 Å². The molecular formula is C8H10ClNO. The first-order valence-electron chi connectivity index (χ1n) is 3.70. The van der Waals surface area contributed by atoms with Gasteiger partial charge in [0, 0.05) is 17.2 Å². The Balaban J connectivity index is 2.33. The smallest absolute Gasteiger partial charge is 0.228 e. The molecule has 1 saturated carbocycles. The molecule has 1 aliphatic carbocycles. The highest BCUT2D eigenvalue weighted by molar-refractivity contribution is 6.26. The summed E-state index contributed by atoms with van der Waals surface area (Å²) in [4.78, 5) is 11.2. The van der Waals surface area contributed by atoms with Crippen LogP contribution in [0.3, 0.4) is 0 Å². The lowest BCUT2D eigenvalue weighted by Gasteiger charge is -2.09. The topological polar surface area (TPSA) is 29.1 Å². The zero-order valence-corrected chi connectivity index (χ0v) is 7.27. The second kappa shape index (κ2) is 1.81. The van der Waals surface area contributed by atoms with Crippen LogP contribution in [0, 0.1) is 17.3 Å². The van der Waals surface area contributed by atoms with Gasteiger partial charge in [0.2, 0.25) is 5.91 Å².